The van der Waals surface area contributed by atoms with E-state index in [1.165, 1.54) is 23.0 Å². The Morgan fingerprint density at radius 1 is 1.44 bits per heavy atom. The Bertz CT molecular complexity index is 610. The first-order valence-corrected chi connectivity index (χ1v) is 6.01. The highest BCUT2D eigenvalue weighted by Crippen LogP contribution is 2.22. The van der Waals surface area contributed by atoms with Gasteiger partial charge in [0.15, 0.2) is 0 Å². The largest absolute Gasteiger partial charge is 0.287 e. The summed E-state index contributed by atoms with van der Waals surface area (Å²) in [6, 6.07) is 3.81. The van der Waals surface area contributed by atoms with Crippen LogP contribution in [0.4, 0.5) is 4.39 Å². The van der Waals surface area contributed by atoms with E-state index in [1.54, 1.807) is 0 Å². The summed E-state index contributed by atoms with van der Waals surface area (Å²) in [5.74, 6) is -1.16. The van der Waals surface area contributed by atoms with Gasteiger partial charge in [0.25, 0.3) is 0 Å². The van der Waals surface area contributed by atoms with Gasteiger partial charge >= 0.3 is 0 Å². The average molecular weight is 287 g/mol. The number of ketones is 1. The number of hydrogen-bond acceptors (Lipinski definition) is 2. The maximum atomic E-state index is 13.6. The summed E-state index contributed by atoms with van der Waals surface area (Å²) in [4.78, 5) is 12.2. The Hall–Kier alpha value is -1.39. The number of rotatable bonds is 3. The van der Waals surface area contributed by atoms with Crippen LogP contribution in [-0.4, -0.2) is 15.6 Å². The molecule has 3 nitrogen and oxygen atoms in total. The van der Waals surface area contributed by atoms with Gasteiger partial charge in [-0.3, -0.25) is 9.48 Å². The Labute approximate surface area is 113 Å². The number of halogens is 3. The number of nitrogens with zero attached hydrogens (tertiary/aromatic N) is 2. The van der Waals surface area contributed by atoms with Crippen LogP contribution in [0.5, 0.6) is 0 Å². The Balaban J connectivity index is 2.54. The third kappa shape index (κ3) is 2.26. The number of hydrogen-bond donors (Lipinski definition) is 0. The van der Waals surface area contributed by atoms with Gasteiger partial charge in [0.1, 0.15) is 11.5 Å². The lowest BCUT2D eigenvalue weighted by Gasteiger charge is -2.06. The van der Waals surface area contributed by atoms with Crippen molar-refractivity contribution in [2.24, 2.45) is 0 Å². The molecule has 0 aliphatic rings. The van der Waals surface area contributed by atoms with Gasteiger partial charge in [-0.15, -0.1) is 0 Å². The number of aryl methyl sites for hydroxylation is 1. The van der Waals surface area contributed by atoms with Gasteiger partial charge in [-0.2, -0.15) is 5.10 Å². The minimum absolute atomic E-state index is 0.111. The molecule has 0 radical (unpaired) electrons. The Morgan fingerprint density at radius 3 is 2.83 bits per heavy atom. The zero-order valence-corrected chi connectivity index (χ0v) is 11.0. The first-order valence-electron chi connectivity index (χ1n) is 5.25. The average Bonchev–Trinajstić information content (AvgIpc) is 2.72. The summed E-state index contributed by atoms with van der Waals surface area (Å²) in [5.41, 5.74) is 0.0555. The highest BCUT2D eigenvalue weighted by molar-refractivity contribution is 6.35. The van der Waals surface area contributed by atoms with Crippen molar-refractivity contribution in [3.8, 4) is 0 Å². The summed E-state index contributed by atoms with van der Waals surface area (Å²) in [5, 5.41) is 4.43. The molecule has 1 aromatic carbocycles. The van der Waals surface area contributed by atoms with E-state index in [1.807, 2.05) is 6.92 Å². The van der Waals surface area contributed by atoms with E-state index >= 15 is 0 Å². The lowest BCUT2D eigenvalue weighted by molar-refractivity contribution is 0.102. The number of benzene rings is 1. The SMILES string of the molecule is CCn1ncc(Cl)c1C(=O)c1cc(Cl)ccc1F. The van der Waals surface area contributed by atoms with Gasteiger partial charge in [-0.1, -0.05) is 23.2 Å². The zero-order valence-electron chi connectivity index (χ0n) is 9.45. The predicted molar refractivity (Wildman–Crippen MR) is 67.8 cm³/mol. The van der Waals surface area contributed by atoms with E-state index in [2.05, 4.69) is 5.10 Å². The van der Waals surface area contributed by atoms with E-state index in [9.17, 15) is 9.18 Å². The number of aromatic nitrogens is 2. The molecular formula is C12H9Cl2FN2O. The third-order valence-corrected chi connectivity index (χ3v) is 2.99. The smallest absolute Gasteiger partial charge is 0.215 e. The molecule has 0 atom stereocenters. The van der Waals surface area contributed by atoms with E-state index in [0.29, 0.717) is 11.6 Å². The molecule has 0 saturated heterocycles. The summed E-state index contributed by atoms with van der Waals surface area (Å²) < 4.78 is 15.0. The topological polar surface area (TPSA) is 34.9 Å². The van der Waals surface area contributed by atoms with Gasteiger partial charge in [-0.05, 0) is 25.1 Å². The van der Waals surface area contributed by atoms with Crippen molar-refractivity contribution in [3.05, 3.63) is 51.5 Å². The van der Waals surface area contributed by atoms with Crippen molar-refractivity contribution in [1.29, 1.82) is 0 Å². The molecule has 1 aromatic heterocycles. The first kappa shape index (κ1) is 13.1. The monoisotopic (exact) mass is 286 g/mol. The van der Waals surface area contributed by atoms with Crippen molar-refractivity contribution < 1.29 is 9.18 Å². The highest BCUT2D eigenvalue weighted by atomic mass is 35.5. The fourth-order valence-electron chi connectivity index (χ4n) is 1.63. The summed E-state index contributed by atoms with van der Waals surface area (Å²) in [6.07, 6.45) is 1.36. The molecule has 1 heterocycles. The molecule has 6 heteroatoms. The molecular weight excluding hydrogens is 278 g/mol. The molecule has 0 unspecified atom stereocenters. The Morgan fingerprint density at radius 2 is 2.17 bits per heavy atom. The number of carbonyl (C=O) groups is 1. The van der Waals surface area contributed by atoms with Gasteiger partial charge in [0, 0.05) is 11.6 Å². The number of carbonyl (C=O) groups excluding carboxylic acids is 1. The van der Waals surface area contributed by atoms with Crippen LogP contribution < -0.4 is 0 Å². The fraction of sp³-hybridized carbons (Fsp3) is 0.167. The van der Waals surface area contributed by atoms with E-state index in [4.69, 9.17) is 23.2 Å². The molecule has 0 fully saturated rings. The van der Waals surface area contributed by atoms with Crippen LogP contribution >= 0.6 is 23.2 Å². The Kier molecular flexibility index (Phi) is 3.68. The second kappa shape index (κ2) is 5.08. The van der Waals surface area contributed by atoms with Crippen LogP contribution in [0.1, 0.15) is 23.0 Å². The standard InChI is InChI=1S/C12H9Cl2FN2O/c1-2-17-11(9(14)6-16-17)12(18)8-5-7(13)3-4-10(8)15/h3-6H,2H2,1H3. The molecule has 0 aliphatic heterocycles. The molecule has 2 aromatic rings. The van der Waals surface area contributed by atoms with Crippen molar-refractivity contribution in [2.75, 3.05) is 0 Å². The van der Waals surface area contributed by atoms with E-state index in [0.717, 1.165) is 6.07 Å². The third-order valence-electron chi connectivity index (χ3n) is 2.48. The molecule has 94 valence electrons. The van der Waals surface area contributed by atoms with Crippen LogP contribution in [0.2, 0.25) is 10.0 Å². The van der Waals surface area contributed by atoms with Crippen LogP contribution in [0.15, 0.2) is 24.4 Å². The van der Waals surface area contributed by atoms with Crippen LogP contribution in [-0.2, 0) is 6.54 Å². The van der Waals surface area contributed by atoms with Crippen LogP contribution in [0.3, 0.4) is 0 Å². The van der Waals surface area contributed by atoms with Crippen molar-refractivity contribution >= 4 is 29.0 Å². The molecule has 0 aliphatic carbocycles. The van der Waals surface area contributed by atoms with E-state index < -0.39 is 11.6 Å². The lowest BCUT2D eigenvalue weighted by Crippen LogP contribution is -2.12. The molecule has 0 N–H and O–H groups in total. The summed E-state index contributed by atoms with van der Waals surface area (Å²) in [6.45, 7) is 2.28. The van der Waals surface area contributed by atoms with Crippen molar-refractivity contribution in [2.45, 2.75) is 13.5 Å². The summed E-state index contributed by atoms with van der Waals surface area (Å²) >= 11 is 11.7. The molecule has 0 saturated carbocycles. The molecule has 18 heavy (non-hydrogen) atoms. The second-order valence-electron chi connectivity index (χ2n) is 3.61. The predicted octanol–water partition coefficient (Wildman–Crippen LogP) is 3.58. The maximum absolute atomic E-state index is 13.6. The lowest BCUT2D eigenvalue weighted by atomic mass is 10.1. The van der Waals surface area contributed by atoms with Gasteiger partial charge in [0.05, 0.1) is 16.8 Å². The van der Waals surface area contributed by atoms with Crippen LogP contribution in [0.25, 0.3) is 0 Å². The molecule has 0 spiro atoms. The first-order chi connectivity index (χ1) is 8.54. The molecule has 0 bridgehead atoms. The van der Waals surface area contributed by atoms with Gasteiger partial charge in [0.2, 0.25) is 5.78 Å². The van der Waals surface area contributed by atoms with Gasteiger partial charge < -0.3 is 0 Å². The normalized spacial score (nSPS) is 10.7. The molecule has 2 rings (SSSR count). The zero-order chi connectivity index (χ0) is 13.3. The second-order valence-corrected chi connectivity index (χ2v) is 4.45. The van der Waals surface area contributed by atoms with Crippen molar-refractivity contribution in [3.63, 3.8) is 0 Å². The van der Waals surface area contributed by atoms with Crippen LogP contribution in [0, 0.1) is 5.82 Å². The summed E-state index contributed by atoms with van der Waals surface area (Å²) in [7, 11) is 0. The van der Waals surface area contributed by atoms with E-state index in [-0.39, 0.29) is 16.3 Å². The molecule has 0 amide bonds. The highest BCUT2D eigenvalue weighted by Gasteiger charge is 2.21. The van der Waals surface area contributed by atoms with Gasteiger partial charge in [-0.25, -0.2) is 4.39 Å². The fourth-order valence-corrected chi connectivity index (χ4v) is 2.03. The quantitative estimate of drug-likeness (QED) is 0.809. The maximum Gasteiger partial charge on any atom is 0.215 e. The van der Waals surface area contributed by atoms with Crippen molar-refractivity contribution in [1.82, 2.24) is 9.78 Å². The minimum Gasteiger partial charge on any atom is -0.287 e. The minimum atomic E-state index is -0.635.